The summed E-state index contributed by atoms with van der Waals surface area (Å²) in [7, 11) is 1.59. The lowest BCUT2D eigenvalue weighted by atomic mass is 10.1. The summed E-state index contributed by atoms with van der Waals surface area (Å²) in [5.74, 6) is -1.39. The van der Waals surface area contributed by atoms with Crippen LogP contribution in [0, 0.1) is 5.92 Å². The predicted molar refractivity (Wildman–Crippen MR) is 87.4 cm³/mol. The molecule has 5 nitrogen and oxygen atoms in total. The number of rotatable bonds is 4. The fraction of sp³-hybridized carbons (Fsp3) is 0.556. The van der Waals surface area contributed by atoms with Crippen molar-refractivity contribution in [2.45, 2.75) is 44.0 Å². The zero-order chi connectivity index (χ0) is 18.9. The molecule has 142 valence electrons. The summed E-state index contributed by atoms with van der Waals surface area (Å²) in [6, 6.07) is 5.38. The molecule has 0 unspecified atom stereocenters. The van der Waals surface area contributed by atoms with Crippen LogP contribution in [0.4, 0.5) is 13.2 Å². The van der Waals surface area contributed by atoms with Crippen molar-refractivity contribution in [3.63, 3.8) is 0 Å². The number of nitrogens with one attached hydrogen (secondary N) is 1. The van der Waals surface area contributed by atoms with Gasteiger partial charge in [0.2, 0.25) is 11.8 Å². The van der Waals surface area contributed by atoms with Crippen LogP contribution in [0.15, 0.2) is 24.3 Å². The Labute approximate surface area is 149 Å². The van der Waals surface area contributed by atoms with Crippen LogP contribution in [0.5, 0.6) is 5.75 Å². The number of likely N-dealkylation sites (N-methyl/N-ethyl adjacent to an activating group) is 1. The van der Waals surface area contributed by atoms with Crippen LogP contribution in [0.3, 0.4) is 0 Å². The molecule has 0 bridgehead atoms. The molecule has 8 heteroatoms. The average molecular weight is 370 g/mol. The van der Waals surface area contributed by atoms with Gasteiger partial charge >= 0.3 is 6.36 Å². The number of ether oxygens (including phenoxy) is 1. The summed E-state index contributed by atoms with van der Waals surface area (Å²) in [4.78, 5) is 26.3. The van der Waals surface area contributed by atoms with E-state index >= 15 is 0 Å². The van der Waals surface area contributed by atoms with E-state index in [0.29, 0.717) is 24.9 Å². The summed E-state index contributed by atoms with van der Waals surface area (Å²) in [6.07, 6.45) is -2.01. The topological polar surface area (TPSA) is 58.6 Å². The fourth-order valence-electron chi connectivity index (χ4n) is 3.52. The molecule has 0 aromatic heterocycles. The van der Waals surface area contributed by atoms with Crippen LogP contribution < -0.4 is 10.1 Å². The van der Waals surface area contributed by atoms with Gasteiger partial charge in [-0.05, 0) is 43.2 Å². The molecule has 0 spiro atoms. The standard InChI is InChI=1S/C18H21F3N2O3/c1-23(14-7-4-5-9-22-16(14)24)17(25)13-10-12(13)11-6-2-3-8-15(11)26-18(19,20)21/h2-3,6,8,12-14H,4-5,7,9-10H2,1H3,(H,22,24)/t12-,13+,14+/m0/s1. The maximum atomic E-state index is 12.7. The highest BCUT2D eigenvalue weighted by Crippen LogP contribution is 2.51. The van der Waals surface area contributed by atoms with E-state index in [1.54, 1.807) is 19.2 Å². The van der Waals surface area contributed by atoms with Crippen molar-refractivity contribution >= 4 is 11.8 Å². The molecule has 3 atom stereocenters. The molecule has 2 amide bonds. The van der Waals surface area contributed by atoms with E-state index in [9.17, 15) is 22.8 Å². The van der Waals surface area contributed by atoms with Crippen molar-refractivity contribution in [3.8, 4) is 5.75 Å². The molecule has 3 rings (SSSR count). The monoisotopic (exact) mass is 370 g/mol. The lowest BCUT2D eigenvalue weighted by Gasteiger charge is -2.26. The minimum absolute atomic E-state index is 0.170. The molecule has 1 aliphatic heterocycles. The SMILES string of the molecule is CN(C(=O)[C@@H]1C[C@H]1c1ccccc1OC(F)(F)F)[C@@H]1CCCCNC1=O. The summed E-state index contributed by atoms with van der Waals surface area (Å²) >= 11 is 0. The third kappa shape index (κ3) is 4.11. The first-order valence-corrected chi connectivity index (χ1v) is 8.67. The van der Waals surface area contributed by atoms with Crippen LogP contribution in [-0.4, -0.2) is 42.7 Å². The molecule has 1 heterocycles. The van der Waals surface area contributed by atoms with E-state index in [-0.39, 0.29) is 23.5 Å². The molecule has 1 aromatic rings. The second-order valence-corrected chi connectivity index (χ2v) is 6.79. The van der Waals surface area contributed by atoms with Crippen molar-refractivity contribution < 1.29 is 27.5 Å². The number of para-hydroxylation sites is 1. The number of halogens is 3. The van der Waals surface area contributed by atoms with Gasteiger partial charge < -0.3 is 15.0 Å². The van der Waals surface area contributed by atoms with E-state index in [1.807, 2.05) is 0 Å². The highest BCUT2D eigenvalue weighted by atomic mass is 19.4. The zero-order valence-electron chi connectivity index (χ0n) is 14.4. The first-order chi connectivity index (χ1) is 12.3. The summed E-state index contributed by atoms with van der Waals surface area (Å²) < 4.78 is 41.8. The van der Waals surface area contributed by atoms with Gasteiger partial charge in [0.25, 0.3) is 0 Å². The van der Waals surface area contributed by atoms with Crippen LogP contribution in [-0.2, 0) is 9.59 Å². The van der Waals surface area contributed by atoms with Gasteiger partial charge in [0.15, 0.2) is 0 Å². The van der Waals surface area contributed by atoms with Gasteiger partial charge in [0.05, 0.1) is 0 Å². The maximum absolute atomic E-state index is 12.7. The highest BCUT2D eigenvalue weighted by Gasteiger charge is 2.48. The molecule has 1 aliphatic carbocycles. The third-order valence-electron chi connectivity index (χ3n) is 4.97. The minimum atomic E-state index is -4.78. The molecule has 1 aromatic carbocycles. The Bertz CT molecular complexity index is 693. The van der Waals surface area contributed by atoms with Crippen molar-refractivity contribution in [2.24, 2.45) is 5.92 Å². The molecule has 2 fully saturated rings. The van der Waals surface area contributed by atoms with E-state index in [1.165, 1.54) is 17.0 Å². The quantitative estimate of drug-likeness (QED) is 0.887. The number of carbonyl (C=O) groups is 2. The number of hydrogen-bond acceptors (Lipinski definition) is 3. The van der Waals surface area contributed by atoms with Gasteiger partial charge in [-0.15, -0.1) is 13.2 Å². The van der Waals surface area contributed by atoms with E-state index < -0.39 is 18.3 Å². The lowest BCUT2D eigenvalue weighted by Crippen LogP contribution is -2.47. The van der Waals surface area contributed by atoms with Crippen molar-refractivity contribution in [1.82, 2.24) is 10.2 Å². The van der Waals surface area contributed by atoms with Crippen LogP contribution in [0.2, 0.25) is 0 Å². The first-order valence-electron chi connectivity index (χ1n) is 8.67. The fourth-order valence-corrected chi connectivity index (χ4v) is 3.52. The Hall–Kier alpha value is -2.25. The van der Waals surface area contributed by atoms with Gasteiger partial charge in [0, 0.05) is 19.5 Å². The van der Waals surface area contributed by atoms with E-state index in [0.717, 1.165) is 12.8 Å². The molecule has 0 radical (unpaired) electrons. The predicted octanol–water partition coefficient (Wildman–Crippen LogP) is 2.82. The number of hydrogen-bond donors (Lipinski definition) is 1. The molecule has 26 heavy (non-hydrogen) atoms. The second-order valence-electron chi connectivity index (χ2n) is 6.79. The largest absolute Gasteiger partial charge is 0.573 e. The normalized spacial score (nSPS) is 25.8. The molecule has 1 saturated heterocycles. The summed E-state index contributed by atoms with van der Waals surface area (Å²) in [6.45, 7) is 0.603. The van der Waals surface area contributed by atoms with Crippen LogP contribution >= 0.6 is 0 Å². The van der Waals surface area contributed by atoms with E-state index in [4.69, 9.17) is 0 Å². The number of nitrogens with zero attached hydrogens (tertiary/aromatic N) is 1. The summed E-state index contributed by atoms with van der Waals surface area (Å²) in [5.41, 5.74) is 0.377. The Balaban J connectivity index is 1.70. The second kappa shape index (κ2) is 7.17. The van der Waals surface area contributed by atoms with Gasteiger partial charge in [-0.25, -0.2) is 0 Å². The van der Waals surface area contributed by atoms with Crippen LogP contribution in [0.1, 0.15) is 37.2 Å². The van der Waals surface area contributed by atoms with Crippen molar-refractivity contribution in [2.75, 3.05) is 13.6 Å². The Kier molecular flexibility index (Phi) is 5.11. The minimum Gasteiger partial charge on any atom is -0.405 e. The number of amides is 2. The zero-order valence-corrected chi connectivity index (χ0v) is 14.4. The van der Waals surface area contributed by atoms with Crippen LogP contribution in [0.25, 0.3) is 0 Å². The third-order valence-corrected chi connectivity index (χ3v) is 4.97. The number of benzene rings is 1. The van der Waals surface area contributed by atoms with Gasteiger partial charge in [-0.2, -0.15) is 0 Å². The Morgan fingerprint density at radius 3 is 2.73 bits per heavy atom. The number of alkyl halides is 3. The van der Waals surface area contributed by atoms with Gasteiger partial charge in [0.1, 0.15) is 11.8 Å². The van der Waals surface area contributed by atoms with Gasteiger partial charge in [-0.1, -0.05) is 18.2 Å². The Morgan fingerprint density at radius 1 is 1.27 bits per heavy atom. The smallest absolute Gasteiger partial charge is 0.405 e. The van der Waals surface area contributed by atoms with Crippen molar-refractivity contribution in [3.05, 3.63) is 29.8 Å². The summed E-state index contributed by atoms with van der Waals surface area (Å²) in [5, 5.41) is 2.79. The highest BCUT2D eigenvalue weighted by molar-refractivity contribution is 5.90. The lowest BCUT2D eigenvalue weighted by molar-refractivity contribution is -0.274. The maximum Gasteiger partial charge on any atom is 0.573 e. The van der Waals surface area contributed by atoms with E-state index in [2.05, 4.69) is 10.1 Å². The molecule has 2 aliphatic rings. The molecular weight excluding hydrogens is 349 g/mol. The van der Waals surface area contributed by atoms with Crippen molar-refractivity contribution in [1.29, 1.82) is 0 Å². The Morgan fingerprint density at radius 2 is 2.00 bits per heavy atom. The average Bonchev–Trinajstić information content (AvgIpc) is 3.37. The first kappa shape index (κ1) is 18.5. The van der Waals surface area contributed by atoms with Gasteiger partial charge in [-0.3, -0.25) is 9.59 Å². The number of carbonyl (C=O) groups excluding carboxylic acids is 2. The molecule has 1 saturated carbocycles. The molecule has 1 N–H and O–H groups in total. The molecular formula is C18H21F3N2O3.